The number of nitrogens with one attached hydrogen (secondary N) is 2. The van der Waals surface area contributed by atoms with Crippen LogP contribution >= 0.6 is 0 Å². The summed E-state index contributed by atoms with van der Waals surface area (Å²) in [5.74, 6) is 1.78. The van der Waals surface area contributed by atoms with E-state index >= 15 is 0 Å². The molecule has 0 aromatic rings. The Bertz CT molecular complexity index is 320. The van der Waals surface area contributed by atoms with Gasteiger partial charge in [0, 0.05) is 18.5 Å². The predicted molar refractivity (Wildman–Crippen MR) is 67.5 cm³/mol. The van der Waals surface area contributed by atoms with Gasteiger partial charge in [-0.3, -0.25) is 4.79 Å². The van der Waals surface area contributed by atoms with Crippen LogP contribution in [-0.4, -0.2) is 25.0 Å². The number of carbonyl (C=O) groups is 1. The monoisotopic (exact) mass is 234 g/mol. The van der Waals surface area contributed by atoms with Crippen molar-refractivity contribution in [3.63, 3.8) is 0 Å². The zero-order valence-electron chi connectivity index (χ0n) is 10.3. The van der Waals surface area contributed by atoms with Crippen LogP contribution in [-0.2, 0) is 4.79 Å². The maximum atomic E-state index is 12.0. The minimum atomic E-state index is 0.265. The molecular formula is C14H22N2O. The van der Waals surface area contributed by atoms with Gasteiger partial charge in [-0.1, -0.05) is 12.2 Å². The molecule has 0 aromatic carbocycles. The number of amides is 1. The molecule has 1 heterocycles. The van der Waals surface area contributed by atoms with Crippen molar-refractivity contribution in [1.29, 1.82) is 0 Å². The Morgan fingerprint density at radius 3 is 2.94 bits per heavy atom. The summed E-state index contributed by atoms with van der Waals surface area (Å²) in [5, 5.41) is 6.59. The molecule has 2 fully saturated rings. The number of fused-ring (bicyclic) bond motifs is 2. The third-order valence-corrected chi connectivity index (χ3v) is 4.57. The topological polar surface area (TPSA) is 41.1 Å². The molecule has 2 N–H and O–H groups in total. The molecule has 1 saturated carbocycles. The predicted octanol–water partition coefficient (Wildman–Crippen LogP) is 1.46. The molecule has 94 valence electrons. The molecule has 3 unspecified atom stereocenters. The first-order chi connectivity index (χ1) is 8.33. The summed E-state index contributed by atoms with van der Waals surface area (Å²) in [7, 11) is 0. The van der Waals surface area contributed by atoms with Crippen molar-refractivity contribution in [2.24, 2.45) is 17.8 Å². The maximum Gasteiger partial charge on any atom is 0.223 e. The fraction of sp³-hybridized carbons (Fsp3) is 0.786. The summed E-state index contributed by atoms with van der Waals surface area (Å²) >= 11 is 0. The number of allylic oxidation sites excluding steroid dienone is 2. The van der Waals surface area contributed by atoms with Crippen molar-refractivity contribution in [2.75, 3.05) is 13.1 Å². The second kappa shape index (κ2) is 4.81. The molecule has 3 heteroatoms. The zero-order valence-corrected chi connectivity index (χ0v) is 10.3. The normalized spacial score (nSPS) is 38.8. The molecule has 1 amide bonds. The molecule has 4 atom stereocenters. The summed E-state index contributed by atoms with van der Waals surface area (Å²) in [6, 6.07) is 0.634. The summed E-state index contributed by atoms with van der Waals surface area (Å²) in [5.41, 5.74) is 0. The first-order valence-corrected chi connectivity index (χ1v) is 7.02. The standard InChI is InChI=1S/C14H22N2O/c17-14(13-9-10-3-4-11(13)8-10)16-7-5-12-2-1-6-15-12/h3-4,10-13,15H,1-2,5-9H2,(H,16,17)/t10?,11?,12-,13?/m1/s1. The minimum absolute atomic E-state index is 0.265. The van der Waals surface area contributed by atoms with Gasteiger partial charge in [0.2, 0.25) is 5.91 Å². The highest BCUT2D eigenvalue weighted by atomic mass is 16.1. The van der Waals surface area contributed by atoms with E-state index < -0.39 is 0 Å². The largest absolute Gasteiger partial charge is 0.356 e. The molecule has 1 saturated heterocycles. The van der Waals surface area contributed by atoms with E-state index in [1.807, 2.05) is 0 Å². The Morgan fingerprint density at radius 1 is 1.35 bits per heavy atom. The lowest BCUT2D eigenvalue weighted by Gasteiger charge is -2.18. The SMILES string of the molecule is O=C(NCC[C@H]1CCCN1)C1CC2C=CC1C2. The van der Waals surface area contributed by atoms with Crippen molar-refractivity contribution in [3.8, 4) is 0 Å². The van der Waals surface area contributed by atoms with Crippen molar-refractivity contribution in [2.45, 2.75) is 38.1 Å². The number of carbonyl (C=O) groups excluding carboxylic acids is 1. The van der Waals surface area contributed by atoms with Gasteiger partial charge >= 0.3 is 0 Å². The van der Waals surface area contributed by atoms with Gasteiger partial charge < -0.3 is 10.6 Å². The minimum Gasteiger partial charge on any atom is -0.356 e. The van der Waals surface area contributed by atoms with E-state index in [1.165, 1.54) is 19.3 Å². The fourth-order valence-electron chi connectivity index (χ4n) is 3.59. The third-order valence-electron chi connectivity index (χ3n) is 4.57. The molecule has 3 aliphatic rings. The van der Waals surface area contributed by atoms with Crippen LogP contribution in [0, 0.1) is 17.8 Å². The molecule has 2 aliphatic carbocycles. The third kappa shape index (κ3) is 2.39. The highest BCUT2D eigenvalue weighted by Crippen LogP contribution is 2.43. The van der Waals surface area contributed by atoms with Gasteiger partial charge in [0.15, 0.2) is 0 Å². The van der Waals surface area contributed by atoms with E-state index in [-0.39, 0.29) is 5.92 Å². The van der Waals surface area contributed by atoms with E-state index in [9.17, 15) is 4.79 Å². The fourth-order valence-corrected chi connectivity index (χ4v) is 3.59. The maximum absolute atomic E-state index is 12.0. The Labute approximate surface area is 103 Å². The van der Waals surface area contributed by atoms with Gasteiger partial charge in [-0.15, -0.1) is 0 Å². The number of hydrogen-bond donors (Lipinski definition) is 2. The van der Waals surface area contributed by atoms with Gasteiger partial charge in [0.05, 0.1) is 0 Å². The first kappa shape index (κ1) is 11.3. The average molecular weight is 234 g/mol. The molecule has 2 bridgehead atoms. The van der Waals surface area contributed by atoms with Crippen molar-refractivity contribution >= 4 is 5.91 Å². The van der Waals surface area contributed by atoms with Crippen LogP contribution in [0.5, 0.6) is 0 Å². The lowest BCUT2D eigenvalue weighted by atomic mass is 9.93. The van der Waals surface area contributed by atoms with E-state index in [0.717, 1.165) is 25.9 Å². The van der Waals surface area contributed by atoms with Gasteiger partial charge in [-0.25, -0.2) is 0 Å². The van der Waals surface area contributed by atoms with Gasteiger partial charge in [0.1, 0.15) is 0 Å². The highest BCUT2D eigenvalue weighted by molar-refractivity contribution is 5.79. The molecular weight excluding hydrogens is 212 g/mol. The number of hydrogen-bond acceptors (Lipinski definition) is 2. The molecule has 0 aromatic heterocycles. The van der Waals surface area contributed by atoms with Crippen LogP contribution in [0.2, 0.25) is 0 Å². The van der Waals surface area contributed by atoms with Gasteiger partial charge in [-0.05, 0) is 50.5 Å². The van der Waals surface area contributed by atoms with Crippen LogP contribution in [0.15, 0.2) is 12.2 Å². The second-order valence-electron chi connectivity index (χ2n) is 5.76. The van der Waals surface area contributed by atoms with Crippen LogP contribution in [0.4, 0.5) is 0 Å². The summed E-state index contributed by atoms with van der Waals surface area (Å²) in [4.78, 5) is 12.0. The van der Waals surface area contributed by atoms with E-state index in [0.29, 0.717) is 23.8 Å². The molecule has 3 rings (SSSR count). The molecule has 3 nitrogen and oxygen atoms in total. The smallest absolute Gasteiger partial charge is 0.223 e. The molecule has 17 heavy (non-hydrogen) atoms. The zero-order chi connectivity index (χ0) is 11.7. The van der Waals surface area contributed by atoms with E-state index in [4.69, 9.17) is 0 Å². The lowest BCUT2D eigenvalue weighted by molar-refractivity contribution is -0.125. The summed E-state index contributed by atoms with van der Waals surface area (Å²) in [6.45, 7) is 1.99. The van der Waals surface area contributed by atoms with Crippen molar-refractivity contribution in [3.05, 3.63) is 12.2 Å². The van der Waals surface area contributed by atoms with Crippen molar-refractivity contribution in [1.82, 2.24) is 10.6 Å². The Balaban J connectivity index is 1.40. The number of rotatable bonds is 4. The molecule has 1 aliphatic heterocycles. The highest BCUT2D eigenvalue weighted by Gasteiger charge is 2.39. The Morgan fingerprint density at radius 2 is 2.29 bits per heavy atom. The average Bonchev–Trinajstić information content (AvgIpc) is 3.05. The van der Waals surface area contributed by atoms with Gasteiger partial charge in [-0.2, -0.15) is 0 Å². The first-order valence-electron chi connectivity index (χ1n) is 7.02. The van der Waals surface area contributed by atoms with Crippen LogP contribution in [0.25, 0.3) is 0 Å². The van der Waals surface area contributed by atoms with Crippen molar-refractivity contribution < 1.29 is 4.79 Å². The van der Waals surface area contributed by atoms with Gasteiger partial charge in [0.25, 0.3) is 0 Å². The molecule has 0 radical (unpaired) electrons. The van der Waals surface area contributed by atoms with Crippen LogP contribution < -0.4 is 10.6 Å². The van der Waals surface area contributed by atoms with Crippen LogP contribution in [0.3, 0.4) is 0 Å². The van der Waals surface area contributed by atoms with E-state index in [2.05, 4.69) is 22.8 Å². The lowest BCUT2D eigenvalue weighted by Crippen LogP contribution is -2.35. The Hall–Kier alpha value is -0.830. The summed E-state index contributed by atoms with van der Waals surface area (Å²) < 4.78 is 0. The quantitative estimate of drug-likeness (QED) is 0.723. The van der Waals surface area contributed by atoms with Crippen LogP contribution in [0.1, 0.15) is 32.1 Å². The molecule has 0 spiro atoms. The second-order valence-corrected chi connectivity index (χ2v) is 5.76. The summed E-state index contributed by atoms with van der Waals surface area (Å²) in [6.07, 6.45) is 10.5. The van der Waals surface area contributed by atoms with E-state index in [1.54, 1.807) is 0 Å². The Kier molecular flexibility index (Phi) is 3.19.